The Kier molecular flexibility index (Phi) is 6.73. The van der Waals surface area contributed by atoms with E-state index < -0.39 is 29.0 Å². The molecule has 0 saturated carbocycles. The molecule has 2 N–H and O–H groups in total. The number of aliphatic hydroxyl groups is 1. The number of hydrogen-bond acceptors (Lipinski definition) is 4. The van der Waals surface area contributed by atoms with E-state index in [4.69, 9.17) is 5.11 Å². The summed E-state index contributed by atoms with van der Waals surface area (Å²) in [6.45, 7) is 1.60. The Morgan fingerprint density at radius 2 is 1.84 bits per heavy atom. The lowest BCUT2D eigenvalue weighted by Gasteiger charge is -2.13. The Morgan fingerprint density at radius 3 is 2.44 bits per heavy atom. The van der Waals surface area contributed by atoms with Gasteiger partial charge in [-0.3, -0.25) is 9.59 Å². The van der Waals surface area contributed by atoms with Gasteiger partial charge in [-0.2, -0.15) is 23.0 Å². The number of amides is 1. The van der Waals surface area contributed by atoms with Crippen LogP contribution >= 0.6 is 0 Å². The Morgan fingerprint density at radius 1 is 1.16 bits per heavy atom. The molecule has 0 unspecified atom stereocenters. The molecule has 0 aliphatic rings. The summed E-state index contributed by atoms with van der Waals surface area (Å²) in [5, 5.41) is 15.8. The number of hydrogen-bond donors (Lipinski definition) is 2. The molecule has 3 aromatic rings. The van der Waals surface area contributed by atoms with Gasteiger partial charge in [-0.15, -0.1) is 0 Å². The second-order valence-electron chi connectivity index (χ2n) is 7.21. The zero-order valence-corrected chi connectivity index (χ0v) is 16.9. The Balaban J connectivity index is 2.12. The van der Waals surface area contributed by atoms with E-state index in [1.165, 1.54) is 30.3 Å². The van der Waals surface area contributed by atoms with Crippen LogP contribution in [0, 0.1) is 11.7 Å². The second kappa shape index (κ2) is 9.31. The molecule has 0 saturated heterocycles. The number of nitrogens with one attached hydrogen (secondary N) is 1. The summed E-state index contributed by atoms with van der Waals surface area (Å²) >= 11 is 0. The molecule has 0 aliphatic carbocycles. The number of carbonyl (C=O) groups is 1. The van der Waals surface area contributed by atoms with Crippen molar-refractivity contribution in [3.8, 4) is 16.9 Å². The van der Waals surface area contributed by atoms with Crippen LogP contribution in [-0.2, 0) is 6.18 Å². The first-order valence-corrected chi connectivity index (χ1v) is 9.57. The van der Waals surface area contributed by atoms with Gasteiger partial charge >= 0.3 is 6.18 Å². The molecule has 0 radical (unpaired) electrons. The monoisotopic (exact) mass is 449 g/mol. The minimum Gasteiger partial charge on any atom is -0.396 e. The van der Waals surface area contributed by atoms with Crippen molar-refractivity contribution in [3.05, 3.63) is 81.9 Å². The highest BCUT2D eigenvalue weighted by atomic mass is 19.4. The van der Waals surface area contributed by atoms with Crippen LogP contribution in [0.2, 0.25) is 0 Å². The second-order valence-corrected chi connectivity index (χ2v) is 7.21. The molecule has 168 valence electrons. The van der Waals surface area contributed by atoms with Gasteiger partial charge in [-0.1, -0.05) is 25.1 Å². The van der Waals surface area contributed by atoms with E-state index in [0.29, 0.717) is 0 Å². The number of aliphatic hydroxyl groups excluding tert-OH is 1. The highest BCUT2D eigenvalue weighted by molar-refractivity contribution is 5.94. The van der Waals surface area contributed by atoms with Crippen molar-refractivity contribution in [1.82, 2.24) is 15.1 Å². The van der Waals surface area contributed by atoms with Crippen molar-refractivity contribution in [1.29, 1.82) is 0 Å². The predicted molar refractivity (Wildman–Crippen MR) is 109 cm³/mol. The Bertz CT molecular complexity index is 1170. The maximum absolute atomic E-state index is 13.7. The quantitative estimate of drug-likeness (QED) is 0.565. The zero-order chi connectivity index (χ0) is 23.5. The van der Waals surface area contributed by atoms with Crippen LogP contribution in [0.3, 0.4) is 0 Å². The van der Waals surface area contributed by atoms with Crippen molar-refractivity contribution in [2.75, 3.05) is 13.2 Å². The lowest BCUT2D eigenvalue weighted by molar-refractivity contribution is -0.137. The van der Waals surface area contributed by atoms with Gasteiger partial charge in [-0.25, -0.2) is 4.39 Å². The number of aromatic nitrogens is 2. The van der Waals surface area contributed by atoms with Crippen molar-refractivity contribution >= 4 is 5.91 Å². The minimum absolute atomic E-state index is 0.0431. The minimum atomic E-state index is -4.53. The molecule has 0 bridgehead atoms. The summed E-state index contributed by atoms with van der Waals surface area (Å²) in [4.78, 5) is 25.6. The number of alkyl halides is 3. The normalized spacial score (nSPS) is 12.4. The number of halogens is 4. The summed E-state index contributed by atoms with van der Waals surface area (Å²) in [6.07, 6.45) is -4.53. The fraction of sp³-hybridized carbons (Fsp3) is 0.227. The maximum Gasteiger partial charge on any atom is 0.416 e. The molecular formula is C22H19F4N3O3. The Hall–Kier alpha value is -3.53. The van der Waals surface area contributed by atoms with Crippen LogP contribution < -0.4 is 10.9 Å². The largest absolute Gasteiger partial charge is 0.416 e. The summed E-state index contributed by atoms with van der Waals surface area (Å²) in [7, 11) is 0. The highest BCUT2D eigenvalue weighted by Crippen LogP contribution is 2.30. The molecule has 2 aromatic carbocycles. The third-order valence-electron chi connectivity index (χ3n) is 4.64. The third-order valence-corrected chi connectivity index (χ3v) is 4.64. The fourth-order valence-corrected chi connectivity index (χ4v) is 2.84. The first-order valence-electron chi connectivity index (χ1n) is 9.57. The molecule has 1 amide bonds. The van der Waals surface area contributed by atoms with E-state index in [2.05, 4.69) is 10.4 Å². The van der Waals surface area contributed by atoms with Gasteiger partial charge in [0, 0.05) is 18.7 Å². The van der Waals surface area contributed by atoms with Crippen molar-refractivity contribution in [2.24, 2.45) is 5.92 Å². The number of carbonyl (C=O) groups excluding carboxylic acids is 1. The van der Waals surface area contributed by atoms with Crippen LogP contribution in [0.15, 0.2) is 59.4 Å². The predicted octanol–water partition coefficient (Wildman–Crippen LogP) is 3.42. The number of nitrogens with zero attached hydrogens (tertiary/aromatic N) is 2. The summed E-state index contributed by atoms with van der Waals surface area (Å²) < 4.78 is 53.2. The topological polar surface area (TPSA) is 84.2 Å². The first kappa shape index (κ1) is 23.1. The molecule has 3 rings (SSSR count). The highest BCUT2D eigenvalue weighted by Gasteiger charge is 2.30. The van der Waals surface area contributed by atoms with Crippen LogP contribution in [0.25, 0.3) is 16.9 Å². The van der Waals surface area contributed by atoms with Crippen molar-refractivity contribution in [3.63, 3.8) is 0 Å². The number of rotatable bonds is 6. The summed E-state index contributed by atoms with van der Waals surface area (Å²) in [6, 6.07) is 10.2. The molecular weight excluding hydrogens is 430 g/mol. The average molecular weight is 449 g/mol. The van der Waals surface area contributed by atoms with Gasteiger partial charge in [-0.05, 0) is 42.3 Å². The lowest BCUT2D eigenvalue weighted by atomic mass is 10.1. The van der Waals surface area contributed by atoms with E-state index in [0.717, 1.165) is 28.9 Å². The smallest absolute Gasteiger partial charge is 0.396 e. The zero-order valence-electron chi connectivity index (χ0n) is 16.9. The van der Waals surface area contributed by atoms with Gasteiger partial charge in [0.2, 0.25) is 0 Å². The molecule has 0 fully saturated rings. The molecule has 32 heavy (non-hydrogen) atoms. The molecule has 1 aromatic heterocycles. The average Bonchev–Trinajstić information content (AvgIpc) is 2.76. The molecule has 10 heteroatoms. The molecule has 6 nitrogen and oxygen atoms in total. The van der Waals surface area contributed by atoms with Gasteiger partial charge in [0.15, 0.2) is 0 Å². The summed E-state index contributed by atoms with van der Waals surface area (Å²) in [5.41, 5.74) is -1.72. The fourth-order valence-electron chi connectivity index (χ4n) is 2.84. The van der Waals surface area contributed by atoms with Gasteiger partial charge in [0.1, 0.15) is 11.4 Å². The molecule has 0 spiro atoms. The van der Waals surface area contributed by atoms with Crippen molar-refractivity contribution in [2.45, 2.75) is 13.1 Å². The summed E-state index contributed by atoms with van der Waals surface area (Å²) in [5.74, 6) is -1.66. The lowest BCUT2D eigenvalue weighted by Crippen LogP contribution is -2.36. The molecule has 1 heterocycles. The third kappa shape index (κ3) is 5.20. The van der Waals surface area contributed by atoms with Gasteiger partial charge in [0.05, 0.1) is 16.9 Å². The van der Waals surface area contributed by atoms with Crippen molar-refractivity contribution < 1.29 is 27.5 Å². The van der Waals surface area contributed by atoms with Crippen LogP contribution in [0.4, 0.5) is 17.6 Å². The SMILES string of the molecule is C[C@H](CO)CNC(=O)c1cc(-c2ccc(C(F)(F)F)cc2)nn(-c2cccc(F)c2)c1=O. The molecule has 0 aliphatic heterocycles. The standard InChI is InChI=1S/C22H19F4N3O3/c1-13(12-30)11-27-20(31)18-10-19(14-5-7-15(8-6-14)22(24,25)26)28-29(21(18)32)17-4-2-3-16(23)9-17/h2-10,13,30H,11-12H2,1H3,(H,27,31)/t13-/m0/s1. The van der Waals surface area contributed by atoms with E-state index >= 15 is 0 Å². The van der Waals surface area contributed by atoms with Gasteiger partial charge in [0.25, 0.3) is 11.5 Å². The Labute approximate surface area is 180 Å². The maximum atomic E-state index is 13.7. The van der Waals surface area contributed by atoms with Crippen LogP contribution in [-0.4, -0.2) is 33.9 Å². The van der Waals surface area contributed by atoms with E-state index in [-0.39, 0.29) is 41.6 Å². The first-order chi connectivity index (χ1) is 15.1. The van der Waals surface area contributed by atoms with E-state index in [9.17, 15) is 27.2 Å². The van der Waals surface area contributed by atoms with Crippen LogP contribution in [0.5, 0.6) is 0 Å². The van der Waals surface area contributed by atoms with E-state index in [1.807, 2.05) is 0 Å². The van der Waals surface area contributed by atoms with E-state index in [1.54, 1.807) is 6.92 Å². The number of benzene rings is 2. The van der Waals surface area contributed by atoms with Gasteiger partial charge < -0.3 is 10.4 Å². The van der Waals surface area contributed by atoms with Crippen LogP contribution in [0.1, 0.15) is 22.8 Å². The molecule has 1 atom stereocenters.